The summed E-state index contributed by atoms with van der Waals surface area (Å²) in [5, 5.41) is 9.48. The zero-order valence-electron chi connectivity index (χ0n) is 15.2. The van der Waals surface area contributed by atoms with Gasteiger partial charge < -0.3 is 14.6 Å². The lowest BCUT2D eigenvalue weighted by molar-refractivity contribution is -0.146. The van der Waals surface area contributed by atoms with Gasteiger partial charge in [-0.25, -0.2) is 4.79 Å². The highest BCUT2D eigenvalue weighted by Gasteiger charge is 2.23. The van der Waals surface area contributed by atoms with E-state index in [0.717, 1.165) is 11.3 Å². The number of benzene rings is 2. The molecule has 1 N–H and O–H groups in total. The highest BCUT2D eigenvalue weighted by atomic mass is 16.6. The first-order valence-electron chi connectivity index (χ1n) is 9.31. The van der Waals surface area contributed by atoms with Crippen LogP contribution in [0.4, 0.5) is 0 Å². The SMILES string of the molecule is Cc1ccc(C2CCCCC2)c(OCC(Oc2ccccc2)C(=O)O)c1. The normalized spacial score (nSPS) is 16.0. The zero-order chi connectivity index (χ0) is 18.4. The Balaban J connectivity index is 1.72. The van der Waals surface area contributed by atoms with E-state index in [-0.39, 0.29) is 6.61 Å². The van der Waals surface area contributed by atoms with Gasteiger partial charge in [0, 0.05) is 0 Å². The number of hydrogen-bond donors (Lipinski definition) is 1. The Labute approximate surface area is 154 Å². The fourth-order valence-corrected chi connectivity index (χ4v) is 3.50. The summed E-state index contributed by atoms with van der Waals surface area (Å²) in [5.41, 5.74) is 2.30. The van der Waals surface area contributed by atoms with Gasteiger partial charge in [-0.05, 0) is 55.0 Å². The molecule has 138 valence electrons. The molecule has 0 aromatic heterocycles. The number of aliphatic carboxylic acids is 1. The van der Waals surface area contributed by atoms with Crippen LogP contribution in [-0.2, 0) is 4.79 Å². The highest BCUT2D eigenvalue weighted by molar-refractivity contribution is 5.73. The maximum Gasteiger partial charge on any atom is 0.348 e. The molecule has 3 rings (SSSR count). The maximum absolute atomic E-state index is 11.6. The second kappa shape index (κ2) is 8.75. The van der Waals surface area contributed by atoms with Crippen molar-refractivity contribution in [1.82, 2.24) is 0 Å². The van der Waals surface area contributed by atoms with Crippen LogP contribution >= 0.6 is 0 Å². The first kappa shape index (κ1) is 18.3. The fraction of sp³-hybridized carbons (Fsp3) is 0.409. The Bertz CT molecular complexity index is 720. The van der Waals surface area contributed by atoms with E-state index >= 15 is 0 Å². The van der Waals surface area contributed by atoms with Crippen molar-refractivity contribution in [2.75, 3.05) is 6.61 Å². The molecule has 1 fully saturated rings. The Morgan fingerprint density at radius 1 is 1.12 bits per heavy atom. The molecule has 0 spiro atoms. The van der Waals surface area contributed by atoms with Crippen molar-refractivity contribution in [3.8, 4) is 11.5 Å². The number of aryl methyl sites for hydroxylation is 1. The van der Waals surface area contributed by atoms with Crippen LogP contribution in [0.1, 0.15) is 49.1 Å². The van der Waals surface area contributed by atoms with Gasteiger partial charge in [-0.2, -0.15) is 0 Å². The summed E-state index contributed by atoms with van der Waals surface area (Å²) < 4.78 is 11.5. The fourth-order valence-electron chi connectivity index (χ4n) is 3.50. The van der Waals surface area contributed by atoms with E-state index in [4.69, 9.17) is 9.47 Å². The Morgan fingerprint density at radius 3 is 2.54 bits per heavy atom. The van der Waals surface area contributed by atoms with E-state index in [0.29, 0.717) is 11.7 Å². The lowest BCUT2D eigenvalue weighted by atomic mass is 9.83. The quantitative estimate of drug-likeness (QED) is 0.764. The van der Waals surface area contributed by atoms with Gasteiger partial charge in [0.25, 0.3) is 0 Å². The Kier molecular flexibility index (Phi) is 6.16. The largest absolute Gasteiger partial charge is 0.489 e. The standard InChI is InChI=1S/C22H26O4/c1-16-12-13-19(17-8-4-2-5-9-17)20(14-16)25-15-21(22(23)24)26-18-10-6-3-7-11-18/h3,6-7,10-14,17,21H,2,4-5,8-9,15H2,1H3,(H,23,24). The van der Waals surface area contributed by atoms with Crippen molar-refractivity contribution in [2.45, 2.75) is 51.0 Å². The third kappa shape index (κ3) is 4.78. The molecule has 1 unspecified atom stereocenters. The van der Waals surface area contributed by atoms with Crippen LogP contribution in [0.15, 0.2) is 48.5 Å². The van der Waals surface area contributed by atoms with Crippen molar-refractivity contribution in [2.24, 2.45) is 0 Å². The number of carbonyl (C=O) groups is 1. The first-order valence-corrected chi connectivity index (χ1v) is 9.31. The molecule has 2 aromatic carbocycles. The average molecular weight is 354 g/mol. The lowest BCUT2D eigenvalue weighted by Gasteiger charge is -2.25. The van der Waals surface area contributed by atoms with Gasteiger partial charge in [-0.1, -0.05) is 49.6 Å². The summed E-state index contributed by atoms with van der Waals surface area (Å²) in [6.07, 6.45) is 5.08. The van der Waals surface area contributed by atoms with Crippen molar-refractivity contribution >= 4 is 5.97 Å². The summed E-state index contributed by atoms with van der Waals surface area (Å²) in [7, 11) is 0. The zero-order valence-corrected chi connectivity index (χ0v) is 15.2. The van der Waals surface area contributed by atoms with E-state index in [1.54, 1.807) is 12.1 Å². The van der Waals surface area contributed by atoms with Crippen LogP contribution in [-0.4, -0.2) is 23.8 Å². The molecular formula is C22H26O4. The van der Waals surface area contributed by atoms with Crippen molar-refractivity contribution in [3.63, 3.8) is 0 Å². The highest BCUT2D eigenvalue weighted by Crippen LogP contribution is 2.38. The van der Waals surface area contributed by atoms with Crippen LogP contribution < -0.4 is 9.47 Å². The summed E-state index contributed by atoms with van der Waals surface area (Å²) in [5.74, 6) is 0.790. The average Bonchev–Trinajstić information content (AvgIpc) is 2.66. The smallest absolute Gasteiger partial charge is 0.348 e. The number of hydrogen-bond acceptors (Lipinski definition) is 3. The molecular weight excluding hydrogens is 328 g/mol. The summed E-state index contributed by atoms with van der Waals surface area (Å²) >= 11 is 0. The van der Waals surface area contributed by atoms with Crippen molar-refractivity contribution < 1.29 is 19.4 Å². The molecule has 4 nitrogen and oxygen atoms in total. The van der Waals surface area contributed by atoms with Crippen LogP contribution in [0.25, 0.3) is 0 Å². The van der Waals surface area contributed by atoms with E-state index in [2.05, 4.69) is 12.1 Å². The second-order valence-corrected chi connectivity index (χ2v) is 6.95. The molecule has 1 aliphatic carbocycles. The molecule has 1 saturated carbocycles. The number of rotatable bonds is 7. The number of carboxylic acid groups (broad SMARTS) is 1. The third-order valence-corrected chi connectivity index (χ3v) is 4.90. The van der Waals surface area contributed by atoms with Crippen LogP contribution in [0.5, 0.6) is 11.5 Å². The lowest BCUT2D eigenvalue weighted by Crippen LogP contribution is -2.33. The number of carboxylic acids is 1. The van der Waals surface area contributed by atoms with Crippen molar-refractivity contribution in [3.05, 3.63) is 59.7 Å². The molecule has 0 aliphatic heterocycles. The Hall–Kier alpha value is -2.49. The van der Waals surface area contributed by atoms with Gasteiger partial charge >= 0.3 is 5.97 Å². The minimum Gasteiger partial charge on any atom is -0.489 e. The summed E-state index contributed by atoms with van der Waals surface area (Å²) in [6, 6.07) is 15.2. The van der Waals surface area contributed by atoms with Gasteiger partial charge in [-0.15, -0.1) is 0 Å². The van der Waals surface area contributed by atoms with E-state index in [1.165, 1.54) is 37.7 Å². The van der Waals surface area contributed by atoms with Crippen molar-refractivity contribution in [1.29, 1.82) is 0 Å². The molecule has 1 atom stereocenters. The first-order chi connectivity index (χ1) is 12.6. The van der Waals surface area contributed by atoms with Gasteiger partial charge in [-0.3, -0.25) is 0 Å². The molecule has 26 heavy (non-hydrogen) atoms. The van der Waals surface area contributed by atoms with Crippen LogP contribution in [0, 0.1) is 6.92 Å². The van der Waals surface area contributed by atoms with E-state index in [1.807, 2.05) is 31.2 Å². The maximum atomic E-state index is 11.6. The number of para-hydroxylation sites is 1. The number of ether oxygens (including phenoxy) is 2. The molecule has 4 heteroatoms. The monoisotopic (exact) mass is 354 g/mol. The molecule has 0 heterocycles. The van der Waals surface area contributed by atoms with Gasteiger partial charge in [0.05, 0.1) is 0 Å². The van der Waals surface area contributed by atoms with Crippen LogP contribution in [0.3, 0.4) is 0 Å². The van der Waals surface area contributed by atoms with Gasteiger partial charge in [0.2, 0.25) is 6.10 Å². The predicted molar refractivity (Wildman–Crippen MR) is 101 cm³/mol. The molecule has 0 amide bonds. The molecule has 1 aliphatic rings. The van der Waals surface area contributed by atoms with Crippen LogP contribution in [0.2, 0.25) is 0 Å². The molecule has 2 aromatic rings. The molecule has 0 bridgehead atoms. The van der Waals surface area contributed by atoms with E-state index in [9.17, 15) is 9.90 Å². The van der Waals surface area contributed by atoms with E-state index < -0.39 is 12.1 Å². The molecule has 0 saturated heterocycles. The minimum atomic E-state index is -1.04. The minimum absolute atomic E-state index is 0.0204. The summed E-state index contributed by atoms with van der Waals surface area (Å²) in [4.78, 5) is 11.6. The van der Waals surface area contributed by atoms with Gasteiger partial charge in [0.15, 0.2) is 0 Å². The third-order valence-electron chi connectivity index (χ3n) is 4.90. The second-order valence-electron chi connectivity index (χ2n) is 6.95. The Morgan fingerprint density at radius 2 is 1.85 bits per heavy atom. The summed E-state index contributed by atoms with van der Waals surface area (Å²) in [6.45, 7) is 2.00. The topological polar surface area (TPSA) is 55.8 Å². The predicted octanol–water partition coefficient (Wildman–Crippen LogP) is 4.95. The molecule has 0 radical (unpaired) electrons. The van der Waals surface area contributed by atoms with Gasteiger partial charge in [0.1, 0.15) is 18.1 Å².